The summed E-state index contributed by atoms with van der Waals surface area (Å²) >= 11 is 0. The molecular formula is C52H60F3N10O6+. The van der Waals surface area contributed by atoms with Gasteiger partial charge in [0.2, 0.25) is 24.5 Å². The Bertz CT molecular complexity index is 2700. The summed E-state index contributed by atoms with van der Waals surface area (Å²) in [7, 11) is 1.70. The van der Waals surface area contributed by atoms with Gasteiger partial charge in [0.1, 0.15) is 6.04 Å². The number of nitrogens with zero attached hydrogens (tertiary/aromatic N) is 7. The van der Waals surface area contributed by atoms with E-state index >= 15 is 0 Å². The standard InChI is InChI=1S/C52H59F3N10O6/c1-59(33-56)46(57)24-51(31-70-32-51)38-3-2-4-40(23-38)63-29-45-43(52(53,54)55)21-36(27-65(45)50(63)69)26-60-15-13-41(14-16-60)71-30-35-7-5-34(6-8-35)25-61-17-19-62(20-18-61)39-9-10-42-37(22-39)28-64(49(42)68)44-11-12-47(66)58-48(44)67/h2-10,21-23,27,29,33,41,44,50,56-57,69H,11-20,24-26,28,30-32H2,1H3,(H,58,66,67)/p+1/t44-,50?/m1/s1. The molecule has 0 spiro atoms. The van der Waals surface area contributed by atoms with Gasteiger partial charge >= 0.3 is 6.18 Å². The summed E-state index contributed by atoms with van der Waals surface area (Å²) < 4.78 is 57.5. The van der Waals surface area contributed by atoms with E-state index in [0.29, 0.717) is 81.5 Å². The van der Waals surface area contributed by atoms with Crippen LogP contribution in [0.15, 0.2) is 102 Å². The molecule has 4 saturated heterocycles. The van der Waals surface area contributed by atoms with Crippen molar-refractivity contribution in [2.75, 3.05) is 75.9 Å². The van der Waals surface area contributed by atoms with Crippen molar-refractivity contribution in [2.24, 2.45) is 5.73 Å². The van der Waals surface area contributed by atoms with Crippen LogP contribution in [-0.4, -0.2) is 150 Å². The number of hydrogen-bond donors (Lipinski definition) is 4. The molecule has 2 atom stereocenters. The lowest BCUT2D eigenvalue weighted by Crippen LogP contribution is -2.52. The summed E-state index contributed by atoms with van der Waals surface area (Å²) in [5, 5.41) is 21.5. The van der Waals surface area contributed by atoms with Crippen molar-refractivity contribution in [1.29, 1.82) is 5.41 Å². The number of allylic oxidation sites excluding steroid dienone is 1. The highest BCUT2D eigenvalue weighted by atomic mass is 19.4. The number of aliphatic hydroxyl groups excluding tert-OH is 1. The topological polar surface area (TPSA) is 174 Å². The molecule has 4 fully saturated rings. The molecule has 71 heavy (non-hydrogen) atoms. The van der Waals surface area contributed by atoms with Gasteiger partial charge in [-0.25, -0.2) is 4.58 Å². The number of piperazine rings is 1. The van der Waals surface area contributed by atoms with Crippen LogP contribution in [0.2, 0.25) is 0 Å². The molecule has 7 aliphatic rings. The highest BCUT2D eigenvalue weighted by Crippen LogP contribution is 2.44. The molecule has 7 heterocycles. The van der Waals surface area contributed by atoms with Gasteiger partial charge in [0.25, 0.3) is 5.91 Å². The number of halogens is 3. The van der Waals surface area contributed by atoms with Gasteiger partial charge in [0, 0.05) is 101 Å². The number of anilines is 2. The molecule has 374 valence electrons. The molecule has 7 aliphatic heterocycles. The van der Waals surface area contributed by atoms with E-state index in [9.17, 15) is 32.7 Å². The van der Waals surface area contributed by atoms with E-state index in [0.717, 1.165) is 74.3 Å². The number of ether oxygens (including phenoxy) is 2. The summed E-state index contributed by atoms with van der Waals surface area (Å²) in [4.78, 5) is 48.5. The lowest BCUT2D eigenvalue weighted by atomic mass is 9.75. The van der Waals surface area contributed by atoms with Gasteiger partial charge in [-0.2, -0.15) is 18.6 Å². The molecular weight excluding hydrogens is 918 g/mol. The molecule has 0 saturated carbocycles. The van der Waals surface area contributed by atoms with Gasteiger partial charge in [-0.3, -0.25) is 29.5 Å². The van der Waals surface area contributed by atoms with Gasteiger partial charge in [-0.1, -0.05) is 36.4 Å². The summed E-state index contributed by atoms with van der Waals surface area (Å²) in [5.74, 6) is -0.384. The summed E-state index contributed by atoms with van der Waals surface area (Å²) in [6, 6.07) is 21.1. The van der Waals surface area contributed by atoms with Crippen LogP contribution in [0.4, 0.5) is 24.5 Å². The van der Waals surface area contributed by atoms with Crippen LogP contribution in [0.5, 0.6) is 0 Å². The number of fused-ring (bicyclic) bond motifs is 2. The summed E-state index contributed by atoms with van der Waals surface area (Å²) in [6.45, 7) is 7.50. The first-order chi connectivity index (χ1) is 34.1. The predicted molar refractivity (Wildman–Crippen MR) is 259 cm³/mol. The quantitative estimate of drug-likeness (QED) is 0.0781. The Morgan fingerprint density at radius 1 is 0.915 bits per heavy atom. The normalized spacial score (nSPS) is 23.4. The van der Waals surface area contributed by atoms with E-state index in [1.165, 1.54) is 32.2 Å². The van der Waals surface area contributed by atoms with E-state index < -0.39 is 35.5 Å². The third kappa shape index (κ3) is 9.97. The van der Waals surface area contributed by atoms with Crippen LogP contribution in [0.25, 0.3) is 0 Å². The highest BCUT2D eigenvalue weighted by molar-refractivity contribution is 6.05. The van der Waals surface area contributed by atoms with E-state index in [-0.39, 0.29) is 30.0 Å². The van der Waals surface area contributed by atoms with E-state index in [4.69, 9.17) is 20.6 Å². The van der Waals surface area contributed by atoms with Crippen molar-refractivity contribution in [1.82, 2.24) is 24.9 Å². The third-order valence-electron chi connectivity index (χ3n) is 15.0. The van der Waals surface area contributed by atoms with Crippen LogP contribution in [0.3, 0.4) is 0 Å². The molecule has 3 aromatic rings. The monoisotopic (exact) mass is 977 g/mol. The number of carbonyl (C=O) groups is 3. The number of nitrogens with two attached hydrogens (primary N) is 1. The zero-order valence-electron chi connectivity index (χ0n) is 39.7. The average molecular weight is 978 g/mol. The molecule has 16 nitrogen and oxygen atoms in total. The molecule has 3 amide bonds. The second-order valence-electron chi connectivity index (χ2n) is 19.8. The number of nitrogens with one attached hydrogen (secondary N) is 2. The maximum atomic E-state index is 14.7. The van der Waals surface area contributed by atoms with E-state index in [2.05, 4.69) is 50.3 Å². The van der Waals surface area contributed by atoms with Gasteiger partial charge in [0.05, 0.1) is 49.7 Å². The highest BCUT2D eigenvalue weighted by Gasteiger charge is 2.46. The molecule has 1 unspecified atom stereocenters. The van der Waals surface area contributed by atoms with Gasteiger partial charge < -0.3 is 39.9 Å². The second kappa shape index (κ2) is 19.7. The molecule has 0 bridgehead atoms. The largest absolute Gasteiger partial charge is 0.418 e. The molecule has 19 heteroatoms. The van der Waals surface area contributed by atoms with Gasteiger partial charge in [-0.05, 0) is 83.5 Å². The van der Waals surface area contributed by atoms with Crippen LogP contribution in [0, 0.1) is 5.41 Å². The first-order valence-electron chi connectivity index (χ1n) is 24.3. The Morgan fingerprint density at radius 2 is 1.65 bits per heavy atom. The van der Waals surface area contributed by atoms with E-state index in [1.807, 2.05) is 30.3 Å². The van der Waals surface area contributed by atoms with Gasteiger partial charge in [-0.15, -0.1) is 0 Å². The first kappa shape index (κ1) is 48.3. The van der Waals surface area contributed by atoms with Crippen molar-refractivity contribution in [3.63, 3.8) is 0 Å². The number of carbonyl (C=O) groups excluding carboxylic acids is 3. The summed E-state index contributed by atoms with van der Waals surface area (Å²) in [5.41, 5.74) is 11.6. The number of amidine groups is 1. The van der Waals surface area contributed by atoms with E-state index in [1.54, 1.807) is 24.2 Å². The maximum absolute atomic E-state index is 14.7. The number of hydrogen-bond acceptors (Lipinski definition) is 12. The minimum Gasteiger partial charge on any atom is -0.379 e. The zero-order chi connectivity index (χ0) is 49.6. The lowest BCUT2D eigenvalue weighted by molar-refractivity contribution is -0.365. The minimum atomic E-state index is -4.65. The number of likely N-dealkylation sites (tertiary alicyclic amines) is 1. The average Bonchev–Trinajstić information content (AvgIpc) is 3.86. The Kier molecular flexibility index (Phi) is 13.4. The zero-order valence-corrected chi connectivity index (χ0v) is 39.7. The molecule has 0 aliphatic carbocycles. The minimum absolute atomic E-state index is 0.0235. The fourth-order valence-electron chi connectivity index (χ4n) is 10.8. The number of rotatable bonds is 14. The molecule has 5 N–H and O–H groups in total. The fraction of sp³-hybridized carbons (Fsp3) is 0.442. The SMILES string of the molecule is C[N+](C=N)=C(N)CC1(c2cccc(N3C=C4C(C(F)(F)F)=CC(CN5CCC(OCc6ccc(CN7CCN(c8ccc9c(c8)CN([C@@H]8CCC(=O)NC8=O)C9=O)CC7)cc6)CC5)=CN4C3O)c2)COC1. The number of amides is 3. The molecule has 0 radical (unpaired) electrons. The molecule has 3 aromatic carbocycles. The van der Waals surface area contributed by atoms with Crippen LogP contribution in [-0.2, 0) is 44.2 Å². The fourth-order valence-corrected chi connectivity index (χ4v) is 10.8. The Balaban J connectivity index is 0.682. The Hall–Kier alpha value is -6.38. The number of imide groups is 1. The van der Waals surface area contributed by atoms with Crippen molar-refractivity contribution in [2.45, 2.75) is 81.9 Å². The third-order valence-corrected chi connectivity index (χ3v) is 15.0. The van der Waals surface area contributed by atoms with Gasteiger partial charge in [0.15, 0.2) is 5.84 Å². The second-order valence-corrected chi connectivity index (χ2v) is 19.8. The maximum Gasteiger partial charge on any atom is 0.418 e. The lowest BCUT2D eigenvalue weighted by Gasteiger charge is -2.42. The molecule has 10 rings (SSSR count). The Labute approximate surface area is 410 Å². The number of alkyl halides is 3. The smallest absolute Gasteiger partial charge is 0.379 e. The van der Waals surface area contributed by atoms with Crippen molar-refractivity contribution >= 4 is 41.3 Å². The van der Waals surface area contributed by atoms with Crippen molar-refractivity contribution < 1.29 is 46.7 Å². The van der Waals surface area contributed by atoms with Crippen LogP contribution < -0.4 is 20.9 Å². The van der Waals surface area contributed by atoms with Crippen molar-refractivity contribution in [3.05, 3.63) is 130 Å². The predicted octanol–water partition coefficient (Wildman–Crippen LogP) is 4.34. The summed E-state index contributed by atoms with van der Waals surface area (Å²) in [6.07, 6.45) is 1.76. The number of benzene rings is 3. The van der Waals surface area contributed by atoms with Crippen LogP contribution >= 0.6 is 0 Å². The number of aliphatic hydroxyl groups is 1. The molecule has 0 aromatic heterocycles. The number of piperidine rings is 2. The van der Waals surface area contributed by atoms with Crippen molar-refractivity contribution in [3.8, 4) is 0 Å². The van der Waals surface area contributed by atoms with Crippen LogP contribution in [0.1, 0.15) is 64.7 Å². The Morgan fingerprint density at radius 3 is 2.34 bits per heavy atom. The first-order valence-corrected chi connectivity index (χ1v) is 24.3.